The second kappa shape index (κ2) is 7.86. The van der Waals surface area contributed by atoms with Crippen molar-refractivity contribution in [2.24, 2.45) is 4.99 Å². The van der Waals surface area contributed by atoms with Gasteiger partial charge >= 0.3 is 0 Å². The Balaban J connectivity index is 1.43. The predicted octanol–water partition coefficient (Wildman–Crippen LogP) is 5.09. The molecule has 0 N–H and O–H groups in total. The van der Waals surface area contributed by atoms with E-state index in [1.807, 2.05) is 0 Å². The first-order valence-electron chi connectivity index (χ1n) is 10.0. The van der Waals surface area contributed by atoms with Crippen LogP contribution >= 0.6 is 11.8 Å². The minimum Gasteiger partial charge on any atom is -0.454 e. The fraction of sp³-hybridized carbons (Fsp3) is 0.0833. The van der Waals surface area contributed by atoms with Gasteiger partial charge in [0.05, 0.1) is 16.3 Å². The molecule has 0 aliphatic carbocycles. The largest absolute Gasteiger partial charge is 0.454 e. The molecule has 0 atom stereocenters. The van der Waals surface area contributed by atoms with Gasteiger partial charge in [-0.2, -0.15) is 0 Å². The summed E-state index contributed by atoms with van der Waals surface area (Å²) in [5.41, 5.74) is 1.77. The minimum absolute atomic E-state index is 0.129. The van der Waals surface area contributed by atoms with E-state index in [2.05, 4.69) is 0 Å². The fourth-order valence-electron chi connectivity index (χ4n) is 3.61. The van der Waals surface area contributed by atoms with Crippen LogP contribution < -0.4 is 23.8 Å². The van der Waals surface area contributed by atoms with E-state index in [1.165, 1.54) is 28.8 Å². The van der Waals surface area contributed by atoms with Crippen molar-refractivity contribution >= 4 is 40.3 Å². The number of halogens is 1. The van der Waals surface area contributed by atoms with Gasteiger partial charge in [-0.3, -0.25) is 9.69 Å². The molecular weight excluding hydrogens is 447 g/mol. The Hall–Kier alpha value is -3.98. The van der Waals surface area contributed by atoms with E-state index in [4.69, 9.17) is 23.9 Å². The van der Waals surface area contributed by atoms with Gasteiger partial charge in [-0.1, -0.05) is 12.1 Å². The molecule has 0 saturated carbocycles. The molecule has 9 heteroatoms. The molecule has 3 aromatic carbocycles. The number of thioether (sulfide) groups is 1. The third-order valence-corrected chi connectivity index (χ3v) is 6.12. The summed E-state index contributed by atoms with van der Waals surface area (Å²) in [4.78, 5) is 20.1. The van der Waals surface area contributed by atoms with Crippen LogP contribution in [0.4, 0.5) is 15.8 Å². The minimum atomic E-state index is -0.373. The number of amidine groups is 1. The zero-order chi connectivity index (χ0) is 22.4. The Labute approximate surface area is 192 Å². The van der Waals surface area contributed by atoms with Crippen LogP contribution in [0.25, 0.3) is 6.08 Å². The lowest BCUT2D eigenvalue weighted by atomic mass is 10.2. The summed E-state index contributed by atoms with van der Waals surface area (Å²) in [6, 6.07) is 16.7. The summed E-state index contributed by atoms with van der Waals surface area (Å²) in [5, 5.41) is 0.445. The lowest BCUT2D eigenvalue weighted by Crippen LogP contribution is -2.28. The molecule has 1 fully saturated rings. The number of benzene rings is 3. The topological polar surface area (TPSA) is 69.6 Å². The van der Waals surface area contributed by atoms with Gasteiger partial charge in [0.1, 0.15) is 5.82 Å². The van der Waals surface area contributed by atoms with Gasteiger partial charge in [0.15, 0.2) is 28.2 Å². The highest BCUT2D eigenvalue weighted by Crippen LogP contribution is 2.42. The zero-order valence-corrected chi connectivity index (χ0v) is 17.8. The molecule has 1 saturated heterocycles. The number of nitrogens with zero attached hydrogens (tertiary/aromatic N) is 2. The van der Waals surface area contributed by atoms with Crippen LogP contribution in [-0.4, -0.2) is 24.7 Å². The Morgan fingerprint density at radius 2 is 1.61 bits per heavy atom. The maximum Gasteiger partial charge on any atom is 0.271 e. The molecule has 3 aliphatic heterocycles. The van der Waals surface area contributed by atoms with Gasteiger partial charge in [-0.25, -0.2) is 9.38 Å². The van der Waals surface area contributed by atoms with Crippen LogP contribution in [-0.2, 0) is 4.79 Å². The number of amides is 1. The summed E-state index contributed by atoms with van der Waals surface area (Å²) in [6.45, 7) is 0.288. The van der Waals surface area contributed by atoms with Crippen molar-refractivity contribution in [2.45, 2.75) is 0 Å². The van der Waals surface area contributed by atoms with Crippen molar-refractivity contribution in [1.82, 2.24) is 0 Å². The first-order valence-corrected chi connectivity index (χ1v) is 10.8. The van der Waals surface area contributed by atoms with Gasteiger partial charge in [0, 0.05) is 12.1 Å². The normalized spacial score (nSPS) is 18.6. The number of aliphatic imine (C=N–C) groups is 1. The SMILES string of the molecule is O=C1C(=Cc2cccc(F)c2)SC(=Nc2ccc3c(c2)OCO3)N1c1ccc2c(c1)OCO2. The quantitative estimate of drug-likeness (QED) is 0.505. The number of ether oxygens (including phenoxy) is 4. The van der Waals surface area contributed by atoms with Gasteiger partial charge < -0.3 is 18.9 Å². The Kier molecular flexibility index (Phi) is 4.69. The van der Waals surface area contributed by atoms with E-state index >= 15 is 0 Å². The van der Waals surface area contributed by atoms with Crippen molar-refractivity contribution in [3.05, 3.63) is 76.9 Å². The van der Waals surface area contributed by atoms with E-state index in [9.17, 15) is 9.18 Å². The summed E-state index contributed by atoms with van der Waals surface area (Å²) < 4.78 is 35.3. The lowest BCUT2D eigenvalue weighted by molar-refractivity contribution is -0.113. The molecule has 7 nitrogen and oxygen atoms in total. The van der Waals surface area contributed by atoms with Gasteiger partial charge in [-0.05, 0) is 59.8 Å². The monoisotopic (exact) mass is 462 g/mol. The molecule has 3 heterocycles. The van der Waals surface area contributed by atoms with Crippen LogP contribution in [0.1, 0.15) is 5.56 Å². The molecule has 1 amide bonds. The number of carbonyl (C=O) groups is 1. The third-order valence-electron chi connectivity index (χ3n) is 5.15. The molecule has 0 unspecified atom stereocenters. The summed E-state index contributed by atoms with van der Waals surface area (Å²) in [5.74, 6) is 1.76. The average molecular weight is 462 g/mol. The van der Waals surface area contributed by atoms with Crippen molar-refractivity contribution in [3.63, 3.8) is 0 Å². The number of hydrogen-bond acceptors (Lipinski definition) is 7. The third kappa shape index (κ3) is 3.66. The van der Waals surface area contributed by atoms with Crippen molar-refractivity contribution < 1.29 is 28.1 Å². The number of anilines is 1. The Morgan fingerprint density at radius 3 is 2.39 bits per heavy atom. The lowest BCUT2D eigenvalue weighted by Gasteiger charge is -2.16. The second-order valence-electron chi connectivity index (χ2n) is 7.28. The van der Waals surface area contributed by atoms with Crippen molar-refractivity contribution in [3.8, 4) is 23.0 Å². The highest BCUT2D eigenvalue weighted by atomic mass is 32.2. The van der Waals surface area contributed by atoms with E-state index < -0.39 is 0 Å². The number of rotatable bonds is 3. The standard InChI is InChI=1S/C24H15FN2O5S/c25-15-3-1-2-14(8-15)9-22-23(28)27(17-5-7-19-21(11-17)32-13-30-19)24(33-22)26-16-4-6-18-20(10-16)31-12-29-18/h1-11H,12-13H2. The Morgan fingerprint density at radius 1 is 0.879 bits per heavy atom. The van der Waals surface area contributed by atoms with E-state index in [0.29, 0.717) is 50.0 Å². The molecule has 3 aliphatic rings. The van der Waals surface area contributed by atoms with Crippen LogP contribution in [0.5, 0.6) is 23.0 Å². The number of fused-ring (bicyclic) bond motifs is 2. The predicted molar refractivity (Wildman–Crippen MR) is 122 cm³/mol. The number of carbonyl (C=O) groups excluding carboxylic acids is 1. The molecule has 0 bridgehead atoms. The maximum atomic E-state index is 13.7. The smallest absolute Gasteiger partial charge is 0.271 e. The molecule has 164 valence electrons. The van der Waals surface area contributed by atoms with E-state index in [1.54, 1.807) is 54.6 Å². The van der Waals surface area contributed by atoms with Crippen LogP contribution in [0.15, 0.2) is 70.6 Å². The van der Waals surface area contributed by atoms with E-state index in [-0.39, 0.29) is 25.3 Å². The van der Waals surface area contributed by atoms with E-state index in [0.717, 1.165) is 0 Å². The molecule has 0 radical (unpaired) electrons. The van der Waals surface area contributed by atoms with Crippen molar-refractivity contribution in [1.29, 1.82) is 0 Å². The van der Waals surface area contributed by atoms with Gasteiger partial charge in [-0.15, -0.1) is 0 Å². The van der Waals surface area contributed by atoms with Gasteiger partial charge in [0.2, 0.25) is 13.6 Å². The first-order chi connectivity index (χ1) is 16.1. The molecule has 33 heavy (non-hydrogen) atoms. The Bertz CT molecular complexity index is 1360. The zero-order valence-electron chi connectivity index (χ0n) is 17.0. The average Bonchev–Trinajstić information content (AvgIpc) is 3.53. The summed E-state index contributed by atoms with van der Waals surface area (Å²) in [6.07, 6.45) is 1.65. The molecular formula is C24H15FN2O5S. The fourth-order valence-corrected chi connectivity index (χ4v) is 4.61. The summed E-state index contributed by atoms with van der Waals surface area (Å²) in [7, 11) is 0. The highest BCUT2D eigenvalue weighted by molar-refractivity contribution is 8.19. The van der Waals surface area contributed by atoms with Gasteiger partial charge in [0.25, 0.3) is 5.91 Å². The van der Waals surface area contributed by atoms with Crippen LogP contribution in [0, 0.1) is 5.82 Å². The molecule has 6 rings (SSSR count). The maximum absolute atomic E-state index is 13.7. The van der Waals surface area contributed by atoms with Crippen LogP contribution in [0.3, 0.4) is 0 Å². The molecule has 0 aromatic heterocycles. The van der Waals surface area contributed by atoms with Crippen LogP contribution in [0.2, 0.25) is 0 Å². The van der Waals surface area contributed by atoms with Crippen molar-refractivity contribution in [2.75, 3.05) is 18.5 Å². The highest BCUT2D eigenvalue weighted by Gasteiger charge is 2.35. The molecule has 3 aromatic rings. The first kappa shape index (κ1) is 19.7. The second-order valence-corrected chi connectivity index (χ2v) is 8.28. The molecule has 0 spiro atoms. The summed E-state index contributed by atoms with van der Waals surface area (Å²) >= 11 is 1.20. The number of hydrogen-bond donors (Lipinski definition) is 0.